The van der Waals surface area contributed by atoms with Crippen LogP contribution in [0.5, 0.6) is 0 Å². The maximum absolute atomic E-state index is 12.7. The molecule has 0 bridgehead atoms. The van der Waals surface area contributed by atoms with Crippen molar-refractivity contribution in [1.29, 1.82) is 5.26 Å². The van der Waals surface area contributed by atoms with E-state index in [-0.39, 0.29) is 22.3 Å². The molecule has 90 valence electrons. The quantitative estimate of drug-likeness (QED) is 0.867. The molecule has 0 amide bonds. The van der Waals surface area contributed by atoms with Crippen LogP contribution in [0.15, 0.2) is 6.07 Å². The summed E-state index contributed by atoms with van der Waals surface area (Å²) in [6.07, 6.45) is -3.45. The third kappa shape index (κ3) is 3.20. The second kappa shape index (κ2) is 5.68. The first kappa shape index (κ1) is 13.5. The van der Waals surface area contributed by atoms with Gasteiger partial charge < -0.3 is 5.11 Å². The minimum absolute atomic E-state index is 0.0197. The fourth-order valence-electron chi connectivity index (χ4n) is 1.28. The summed E-state index contributed by atoms with van der Waals surface area (Å²) in [5.74, 6) is -1.25. The van der Waals surface area contributed by atoms with E-state index in [2.05, 4.69) is 20.9 Å². The van der Waals surface area contributed by atoms with Crippen molar-refractivity contribution in [3.63, 3.8) is 0 Å². The van der Waals surface area contributed by atoms with Gasteiger partial charge >= 0.3 is 5.97 Å². The zero-order chi connectivity index (χ0) is 13.0. The van der Waals surface area contributed by atoms with Crippen molar-refractivity contribution in [2.75, 3.05) is 0 Å². The van der Waals surface area contributed by atoms with Crippen molar-refractivity contribution < 1.29 is 18.7 Å². The molecule has 0 radical (unpaired) electrons. The molecule has 1 rings (SSSR count). The first-order chi connectivity index (χ1) is 7.99. The standard InChI is InChI=1S/C10H7BrF2N2O2/c11-3-8-5(4-14)1-6(10(12)13)7(15-8)2-9(16)17/h1,10H,2-3H2,(H,16,17). The third-order valence-corrected chi connectivity index (χ3v) is 2.55. The molecule has 0 saturated heterocycles. The Morgan fingerprint density at radius 2 is 2.24 bits per heavy atom. The molecule has 1 aromatic heterocycles. The highest BCUT2D eigenvalue weighted by Crippen LogP contribution is 2.25. The van der Waals surface area contributed by atoms with Crippen LogP contribution in [-0.2, 0) is 16.5 Å². The van der Waals surface area contributed by atoms with E-state index < -0.39 is 24.4 Å². The van der Waals surface area contributed by atoms with Gasteiger partial charge in [-0.2, -0.15) is 5.26 Å². The average Bonchev–Trinajstić information content (AvgIpc) is 2.27. The summed E-state index contributed by atoms with van der Waals surface area (Å²) in [7, 11) is 0. The van der Waals surface area contributed by atoms with E-state index in [4.69, 9.17) is 10.4 Å². The van der Waals surface area contributed by atoms with Crippen LogP contribution >= 0.6 is 15.9 Å². The Morgan fingerprint density at radius 3 is 2.65 bits per heavy atom. The first-order valence-corrected chi connectivity index (χ1v) is 5.60. The Labute approximate surface area is 104 Å². The number of aliphatic carboxylic acids is 1. The van der Waals surface area contributed by atoms with E-state index in [1.54, 1.807) is 6.07 Å². The molecule has 0 saturated carbocycles. The van der Waals surface area contributed by atoms with Crippen LogP contribution in [0.4, 0.5) is 8.78 Å². The lowest BCUT2D eigenvalue weighted by molar-refractivity contribution is -0.136. The normalized spacial score (nSPS) is 10.3. The topological polar surface area (TPSA) is 74.0 Å². The molecular formula is C10H7BrF2N2O2. The minimum Gasteiger partial charge on any atom is -0.481 e. The Bertz CT molecular complexity index is 486. The fraction of sp³-hybridized carbons (Fsp3) is 0.300. The molecule has 0 spiro atoms. The average molecular weight is 305 g/mol. The van der Waals surface area contributed by atoms with Gasteiger partial charge in [0.25, 0.3) is 6.43 Å². The first-order valence-electron chi connectivity index (χ1n) is 4.48. The summed E-state index contributed by atoms with van der Waals surface area (Å²) in [6.45, 7) is 0. The fourth-order valence-corrected chi connectivity index (χ4v) is 1.71. The smallest absolute Gasteiger partial charge is 0.309 e. The van der Waals surface area contributed by atoms with E-state index in [1.807, 2.05) is 0 Å². The van der Waals surface area contributed by atoms with E-state index in [0.29, 0.717) is 0 Å². The number of carboxylic acids is 1. The number of carbonyl (C=O) groups is 1. The lowest BCUT2D eigenvalue weighted by atomic mass is 10.1. The summed E-state index contributed by atoms with van der Waals surface area (Å²) >= 11 is 3.06. The largest absolute Gasteiger partial charge is 0.481 e. The third-order valence-electron chi connectivity index (χ3n) is 2.01. The van der Waals surface area contributed by atoms with Gasteiger partial charge in [0.05, 0.1) is 23.4 Å². The second-order valence-electron chi connectivity index (χ2n) is 3.14. The van der Waals surface area contributed by atoms with Crippen LogP contribution in [0.25, 0.3) is 0 Å². The van der Waals surface area contributed by atoms with E-state index in [9.17, 15) is 13.6 Å². The van der Waals surface area contributed by atoms with E-state index in [0.717, 1.165) is 6.07 Å². The van der Waals surface area contributed by atoms with Crippen LogP contribution in [-0.4, -0.2) is 16.1 Å². The number of nitrogens with zero attached hydrogens (tertiary/aromatic N) is 2. The number of halogens is 3. The van der Waals surface area contributed by atoms with E-state index >= 15 is 0 Å². The molecule has 1 heterocycles. The summed E-state index contributed by atoms with van der Waals surface area (Å²) in [4.78, 5) is 14.3. The summed E-state index contributed by atoms with van der Waals surface area (Å²) in [6, 6.07) is 2.74. The van der Waals surface area contributed by atoms with Crippen LogP contribution in [0.3, 0.4) is 0 Å². The number of hydrogen-bond acceptors (Lipinski definition) is 3. The van der Waals surface area contributed by atoms with Crippen molar-refractivity contribution in [3.8, 4) is 6.07 Å². The molecule has 0 atom stereocenters. The van der Waals surface area contributed by atoms with Gasteiger partial charge in [-0.05, 0) is 6.07 Å². The number of pyridine rings is 1. The Kier molecular flexibility index (Phi) is 4.52. The molecule has 0 aromatic carbocycles. The molecule has 1 N–H and O–H groups in total. The predicted molar refractivity (Wildman–Crippen MR) is 57.9 cm³/mol. The molecule has 4 nitrogen and oxygen atoms in total. The highest BCUT2D eigenvalue weighted by molar-refractivity contribution is 9.08. The molecule has 0 unspecified atom stereocenters. The summed E-state index contributed by atoms with van der Waals surface area (Å²) < 4.78 is 25.4. The molecule has 0 aliphatic carbocycles. The molecule has 0 aliphatic heterocycles. The maximum Gasteiger partial charge on any atom is 0.309 e. The summed E-state index contributed by atoms with van der Waals surface area (Å²) in [5.41, 5.74) is -0.436. The zero-order valence-corrected chi connectivity index (χ0v) is 10.0. The minimum atomic E-state index is -2.85. The number of alkyl halides is 3. The predicted octanol–water partition coefficient (Wildman–Crippen LogP) is 2.41. The van der Waals surface area contributed by atoms with Gasteiger partial charge in [0.2, 0.25) is 0 Å². The van der Waals surface area contributed by atoms with Gasteiger partial charge in [-0.1, -0.05) is 15.9 Å². The molecule has 1 aromatic rings. The Balaban J connectivity index is 3.36. The van der Waals surface area contributed by atoms with Crippen molar-refractivity contribution in [3.05, 3.63) is 28.6 Å². The number of hydrogen-bond donors (Lipinski definition) is 1. The molecule has 17 heavy (non-hydrogen) atoms. The van der Waals surface area contributed by atoms with Crippen LogP contribution in [0.2, 0.25) is 0 Å². The van der Waals surface area contributed by atoms with Gasteiger partial charge in [-0.15, -0.1) is 0 Å². The van der Waals surface area contributed by atoms with Crippen molar-refractivity contribution in [2.45, 2.75) is 18.2 Å². The van der Waals surface area contributed by atoms with Gasteiger partial charge in [-0.25, -0.2) is 8.78 Å². The Hall–Kier alpha value is -1.55. The van der Waals surface area contributed by atoms with Gasteiger partial charge in [0.15, 0.2) is 0 Å². The lowest BCUT2D eigenvalue weighted by Crippen LogP contribution is -2.09. The van der Waals surface area contributed by atoms with Gasteiger partial charge in [0, 0.05) is 10.9 Å². The molecule has 0 aliphatic rings. The van der Waals surface area contributed by atoms with Crippen LogP contribution < -0.4 is 0 Å². The maximum atomic E-state index is 12.7. The number of rotatable bonds is 4. The molecule has 0 fully saturated rings. The molecular weight excluding hydrogens is 298 g/mol. The van der Waals surface area contributed by atoms with Crippen LogP contribution in [0.1, 0.15) is 28.9 Å². The highest BCUT2D eigenvalue weighted by atomic mass is 79.9. The summed E-state index contributed by atoms with van der Waals surface area (Å²) in [5, 5.41) is 17.6. The van der Waals surface area contributed by atoms with Crippen molar-refractivity contribution >= 4 is 21.9 Å². The number of carboxylic acid groups (broad SMARTS) is 1. The van der Waals surface area contributed by atoms with Gasteiger partial charge in [0.1, 0.15) is 6.07 Å². The highest BCUT2D eigenvalue weighted by Gasteiger charge is 2.19. The van der Waals surface area contributed by atoms with Crippen LogP contribution in [0, 0.1) is 11.3 Å². The lowest BCUT2D eigenvalue weighted by Gasteiger charge is -2.09. The second-order valence-corrected chi connectivity index (χ2v) is 3.70. The van der Waals surface area contributed by atoms with Crippen molar-refractivity contribution in [2.24, 2.45) is 0 Å². The van der Waals surface area contributed by atoms with Crippen molar-refractivity contribution in [1.82, 2.24) is 4.98 Å². The number of nitriles is 1. The molecule has 7 heteroatoms. The number of aromatic nitrogens is 1. The monoisotopic (exact) mass is 304 g/mol. The van der Waals surface area contributed by atoms with Gasteiger partial charge in [-0.3, -0.25) is 9.78 Å². The Morgan fingerprint density at radius 1 is 1.59 bits per heavy atom. The van der Waals surface area contributed by atoms with E-state index in [1.165, 1.54) is 0 Å². The zero-order valence-electron chi connectivity index (χ0n) is 8.45. The SMILES string of the molecule is N#Cc1cc(C(F)F)c(CC(=O)O)nc1CBr.